The summed E-state index contributed by atoms with van der Waals surface area (Å²) in [4.78, 5) is 14.1. The average molecular weight is 293 g/mol. The summed E-state index contributed by atoms with van der Waals surface area (Å²) < 4.78 is 10.9. The van der Waals surface area contributed by atoms with Crippen LogP contribution in [0.3, 0.4) is 0 Å². The number of hydrogen-bond donors (Lipinski definition) is 2. The first kappa shape index (κ1) is 15.0. The largest absolute Gasteiger partial charge is 0.486 e. The van der Waals surface area contributed by atoms with Gasteiger partial charge in [-0.15, -0.1) is 0 Å². The fraction of sp³-hybridized carbons (Fsp3) is 0.429. The number of hydrogen-bond acceptors (Lipinski definition) is 5. The molecule has 1 heterocycles. The van der Waals surface area contributed by atoms with Gasteiger partial charge >= 0.3 is 0 Å². The van der Waals surface area contributed by atoms with Crippen molar-refractivity contribution in [1.29, 1.82) is 0 Å². The van der Waals surface area contributed by atoms with Gasteiger partial charge in [-0.05, 0) is 25.1 Å². The van der Waals surface area contributed by atoms with E-state index >= 15 is 0 Å². The van der Waals surface area contributed by atoms with E-state index in [-0.39, 0.29) is 11.7 Å². The number of fused-ring (bicyclic) bond motifs is 1. The van der Waals surface area contributed by atoms with Gasteiger partial charge in [-0.2, -0.15) is 0 Å². The number of ether oxygens (including phenoxy) is 2. The van der Waals surface area contributed by atoms with E-state index in [9.17, 15) is 4.79 Å². The second kappa shape index (κ2) is 6.83. The number of carbonyl (C=O) groups excluding carboxylic acids is 1. The van der Waals surface area contributed by atoms with Gasteiger partial charge in [0.1, 0.15) is 19.0 Å². The fourth-order valence-corrected chi connectivity index (χ4v) is 2.06. The molecule has 1 aromatic rings. The molecule has 7 nitrogen and oxygen atoms in total. The number of rotatable bonds is 5. The number of amides is 1. The molecule has 0 saturated carbocycles. The van der Waals surface area contributed by atoms with E-state index in [0.29, 0.717) is 49.8 Å². The number of amidine groups is 1. The lowest BCUT2D eigenvalue weighted by Gasteiger charge is -2.22. The maximum Gasteiger partial charge on any atom is 0.253 e. The summed E-state index contributed by atoms with van der Waals surface area (Å²) in [6, 6.07) is 5.13. The second-order valence-electron chi connectivity index (χ2n) is 4.58. The molecule has 1 amide bonds. The Kier molecular flexibility index (Phi) is 4.86. The van der Waals surface area contributed by atoms with E-state index in [4.69, 9.17) is 20.4 Å². The van der Waals surface area contributed by atoms with Crippen molar-refractivity contribution in [3.05, 3.63) is 23.8 Å². The molecular formula is C14H19N3O4. The minimum Gasteiger partial charge on any atom is -0.486 e. The third-order valence-electron chi connectivity index (χ3n) is 3.22. The molecule has 0 radical (unpaired) electrons. The van der Waals surface area contributed by atoms with Crippen LogP contribution in [0.1, 0.15) is 23.7 Å². The molecule has 0 aliphatic carbocycles. The van der Waals surface area contributed by atoms with Crippen molar-refractivity contribution < 1.29 is 19.5 Å². The molecule has 0 fully saturated rings. The van der Waals surface area contributed by atoms with Gasteiger partial charge in [0.25, 0.3) is 5.91 Å². The molecular weight excluding hydrogens is 274 g/mol. The molecule has 0 saturated heterocycles. The van der Waals surface area contributed by atoms with Crippen LogP contribution in [-0.2, 0) is 0 Å². The zero-order valence-electron chi connectivity index (χ0n) is 11.9. The molecule has 3 N–H and O–H groups in total. The van der Waals surface area contributed by atoms with Crippen LogP contribution in [0.15, 0.2) is 23.4 Å². The Balaban J connectivity index is 2.10. The highest BCUT2D eigenvalue weighted by molar-refractivity contribution is 5.95. The molecule has 21 heavy (non-hydrogen) atoms. The van der Waals surface area contributed by atoms with Gasteiger partial charge in [0, 0.05) is 25.1 Å². The van der Waals surface area contributed by atoms with Crippen LogP contribution in [0.2, 0.25) is 0 Å². The van der Waals surface area contributed by atoms with Crippen LogP contribution in [0.5, 0.6) is 11.5 Å². The van der Waals surface area contributed by atoms with Gasteiger partial charge in [0.2, 0.25) is 0 Å². The summed E-state index contributed by atoms with van der Waals surface area (Å²) in [7, 11) is 0. The van der Waals surface area contributed by atoms with Crippen molar-refractivity contribution in [2.45, 2.75) is 13.3 Å². The first-order chi connectivity index (χ1) is 10.2. The molecule has 0 unspecified atom stereocenters. The van der Waals surface area contributed by atoms with Crippen molar-refractivity contribution in [3.63, 3.8) is 0 Å². The monoisotopic (exact) mass is 293 g/mol. The van der Waals surface area contributed by atoms with Crippen molar-refractivity contribution in [1.82, 2.24) is 4.90 Å². The zero-order chi connectivity index (χ0) is 15.2. The Hall–Kier alpha value is -2.44. The predicted molar refractivity (Wildman–Crippen MR) is 77.0 cm³/mol. The highest BCUT2D eigenvalue weighted by Gasteiger charge is 2.18. The number of nitrogens with zero attached hydrogens (tertiary/aromatic N) is 2. The molecule has 0 bridgehead atoms. The molecule has 0 aromatic heterocycles. The maximum atomic E-state index is 12.4. The van der Waals surface area contributed by atoms with E-state index in [2.05, 4.69) is 5.16 Å². The topological polar surface area (TPSA) is 97.4 Å². The normalized spacial score (nSPS) is 13.9. The summed E-state index contributed by atoms with van der Waals surface area (Å²) in [6.07, 6.45) is 0.320. The Morgan fingerprint density at radius 2 is 2.10 bits per heavy atom. The summed E-state index contributed by atoms with van der Waals surface area (Å²) in [5.41, 5.74) is 5.96. The Morgan fingerprint density at radius 1 is 1.38 bits per heavy atom. The van der Waals surface area contributed by atoms with E-state index in [0.717, 1.165) is 0 Å². The van der Waals surface area contributed by atoms with Crippen molar-refractivity contribution >= 4 is 11.7 Å². The lowest BCUT2D eigenvalue weighted by atomic mass is 10.1. The number of benzene rings is 1. The van der Waals surface area contributed by atoms with Crippen LogP contribution >= 0.6 is 0 Å². The molecule has 114 valence electrons. The number of oxime groups is 1. The van der Waals surface area contributed by atoms with Gasteiger partial charge in [-0.3, -0.25) is 4.79 Å². The van der Waals surface area contributed by atoms with Crippen molar-refractivity contribution in [2.24, 2.45) is 10.9 Å². The lowest BCUT2D eigenvalue weighted by Crippen LogP contribution is -2.34. The Morgan fingerprint density at radius 3 is 2.76 bits per heavy atom. The first-order valence-electron chi connectivity index (χ1n) is 6.81. The summed E-state index contributed by atoms with van der Waals surface area (Å²) in [5.74, 6) is 1.21. The summed E-state index contributed by atoms with van der Waals surface area (Å²) >= 11 is 0. The van der Waals surface area contributed by atoms with E-state index < -0.39 is 0 Å². The molecule has 0 spiro atoms. The highest BCUT2D eigenvalue weighted by atomic mass is 16.6. The molecule has 7 heteroatoms. The summed E-state index contributed by atoms with van der Waals surface area (Å²) in [6.45, 7) is 3.79. The van der Waals surface area contributed by atoms with E-state index in [1.807, 2.05) is 6.92 Å². The van der Waals surface area contributed by atoms with Gasteiger partial charge in [-0.1, -0.05) is 5.16 Å². The minimum absolute atomic E-state index is 0.100. The van der Waals surface area contributed by atoms with Crippen LogP contribution in [0.4, 0.5) is 0 Å². The second-order valence-corrected chi connectivity index (χ2v) is 4.58. The predicted octanol–water partition coefficient (Wildman–Crippen LogP) is 1.06. The van der Waals surface area contributed by atoms with Gasteiger partial charge in [0.05, 0.1) is 0 Å². The molecule has 2 rings (SSSR count). The standard InChI is InChI=1S/C14H19N3O4/c1-2-17(6-5-13(15)16-19)14(18)10-3-4-11-12(9-10)21-8-7-20-11/h3-4,9,19H,2,5-8H2,1H3,(H2,15,16). The minimum atomic E-state index is -0.125. The third-order valence-corrected chi connectivity index (χ3v) is 3.22. The Labute approximate surface area is 122 Å². The Bertz CT molecular complexity index is 545. The quantitative estimate of drug-likeness (QED) is 0.366. The lowest BCUT2D eigenvalue weighted by molar-refractivity contribution is 0.0767. The van der Waals surface area contributed by atoms with Crippen LogP contribution in [0, 0.1) is 0 Å². The molecule has 1 aliphatic heterocycles. The van der Waals surface area contributed by atoms with Crippen LogP contribution in [0.25, 0.3) is 0 Å². The van der Waals surface area contributed by atoms with E-state index in [1.165, 1.54) is 0 Å². The van der Waals surface area contributed by atoms with Crippen LogP contribution in [-0.4, -0.2) is 48.2 Å². The molecule has 1 aromatic carbocycles. The maximum absolute atomic E-state index is 12.4. The smallest absolute Gasteiger partial charge is 0.253 e. The van der Waals surface area contributed by atoms with Crippen molar-refractivity contribution in [3.8, 4) is 11.5 Å². The van der Waals surface area contributed by atoms with Gasteiger partial charge in [0.15, 0.2) is 11.5 Å². The fourth-order valence-electron chi connectivity index (χ4n) is 2.06. The van der Waals surface area contributed by atoms with E-state index in [1.54, 1.807) is 23.1 Å². The van der Waals surface area contributed by atoms with Gasteiger partial charge in [-0.25, -0.2) is 0 Å². The first-order valence-corrected chi connectivity index (χ1v) is 6.81. The SMILES string of the molecule is CCN(CCC(N)=NO)C(=O)c1ccc2c(c1)OCCO2. The van der Waals surface area contributed by atoms with Gasteiger partial charge < -0.3 is 25.3 Å². The molecule has 1 aliphatic rings. The summed E-state index contributed by atoms with van der Waals surface area (Å²) in [5, 5.41) is 11.4. The molecule has 0 atom stereocenters. The van der Waals surface area contributed by atoms with Crippen molar-refractivity contribution in [2.75, 3.05) is 26.3 Å². The number of nitrogens with two attached hydrogens (primary N) is 1. The zero-order valence-corrected chi connectivity index (χ0v) is 11.9. The van der Waals surface area contributed by atoms with Crippen LogP contribution < -0.4 is 15.2 Å². The highest BCUT2D eigenvalue weighted by Crippen LogP contribution is 2.31. The average Bonchev–Trinajstić information content (AvgIpc) is 2.54. The number of carbonyl (C=O) groups is 1. The third kappa shape index (κ3) is 3.56.